The predicted octanol–water partition coefficient (Wildman–Crippen LogP) is 1.48. The van der Waals surface area contributed by atoms with Gasteiger partial charge in [0.2, 0.25) is 0 Å². The van der Waals surface area contributed by atoms with Gasteiger partial charge in [-0.25, -0.2) is 8.42 Å². The van der Waals surface area contributed by atoms with Gasteiger partial charge in [-0.15, -0.1) is 0 Å². The first-order chi connectivity index (χ1) is 8.35. The van der Waals surface area contributed by atoms with Crippen molar-refractivity contribution in [2.75, 3.05) is 23.4 Å². The number of nitrogens with two attached hydrogens (primary N) is 1. The molecule has 100 valence electrons. The molecule has 1 aromatic rings. The van der Waals surface area contributed by atoms with Gasteiger partial charge in [-0.1, -0.05) is 30.8 Å². The second kappa shape index (κ2) is 6.15. The largest absolute Gasteiger partial charge is 0.389 e. The normalized spacial score (nSPS) is 11.2. The molecule has 6 heteroatoms. The third-order valence-corrected chi connectivity index (χ3v) is 4.53. The molecule has 0 heterocycles. The highest BCUT2D eigenvalue weighted by atomic mass is 32.2. The SMILES string of the molecule is CCS(=O)(=O)CCNc1ccc(C)cc1C(N)=S. The van der Waals surface area contributed by atoms with E-state index in [1.165, 1.54) is 0 Å². The van der Waals surface area contributed by atoms with Crippen LogP contribution in [-0.4, -0.2) is 31.5 Å². The van der Waals surface area contributed by atoms with Crippen LogP contribution in [0, 0.1) is 6.92 Å². The molecule has 0 unspecified atom stereocenters. The van der Waals surface area contributed by atoms with Gasteiger partial charge in [0.1, 0.15) is 4.99 Å². The molecule has 0 atom stereocenters. The standard InChI is InChI=1S/C12H18N2O2S2/c1-3-18(15,16)7-6-14-11-5-4-9(2)8-10(11)12(13)17/h4-5,8,14H,3,6-7H2,1-2H3,(H2,13,17). The van der Waals surface area contributed by atoms with Gasteiger partial charge in [-0.3, -0.25) is 0 Å². The lowest BCUT2D eigenvalue weighted by atomic mass is 10.1. The van der Waals surface area contributed by atoms with Crippen LogP contribution in [0.2, 0.25) is 0 Å². The van der Waals surface area contributed by atoms with E-state index in [0.717, 1.165) is 16.8 Å². The molecule has 0 aliphatic carbocycles. The van der Waals surface area contributed by atoms with Gasteiger partial charge >= 0.3 is 0 Å². The lowest BCUT2D eigenvalue weighted by Crippen LogP contribution is -2.19. The molecule has 0 bridgehead atoms. The smallest absolute Gasteiger partial charge is 0.151 e. The van der Waals surface area contributed by atoms with Crippen molar-refractivity contribution >= 4 is 32.7 Å². The molecule has 0 aliphatic heterocycles. The van der Waals surface area contributed by atoms with E-state index in [9.17, 15) is 8.42 Å². The molecule has 18 heavy (non-hydrogen) atoms. The fourth-order valence-electron chi connectivity index (χ4n) is 1.50. The molecule has 0 aromatic heterocycles. The number of rotatable bonds is 6. The number of aryl methyl sites for hydroxylation is 1. The van der Waals surface area contributed by atoms with E-state index in [1.54, 1.807) is 6.92 Å². The van der Waals surface area contributed by atoms with Gasteiger partial charge in [-0.05, 0) is 19.1 Å². The van der Waals surface area contributed by atoms with Crippen LogP contribution in [0.25, 0.3) is 0 Å². The zero-order valence-electron chi connectivity index (χ0n) is 10.6. The topological polar surface area (TPSA) is 72.2 Å². The molecule has 1 aromatic carbocycles. The van der Waals surface area contributed by atoms with E-state index in [0.29, 0.717) is 11.5 Å². The van der Waals surface area contributed by atoms with Gasteiger partial charge in [-0.2, -0.15) is 0 Å². The van der Waals surface area contributed by atoms with E-state index in [-0.39, 0.29) is 11.5 Å². The Hall–Kier alpha value is -1.14. The van der Waals surface area contributed by atoms with Crippen LogP contribution in [0.15, 0.2) is 18.2 Å². The van der Waals surface area contributed by atoms with Crippen LogP contribution in [0.1, 0.15) is 18.1 Å². The number of hydrogen-bond donors (Lipinski definition) is 2. The molecule has 0 radical (unpaired) electrons. The summed E-state index contributed by atoms with van der Waals surface area (Å²) in [7, 11) is -2.96. The summed E-state index contributed by atoms with van der Waals surface area (Å²) in [5.74, 6) is 0.263. The van der Waals surface area contributed by atoms with Crippen molar-refractivity contribution in [3.05, 3.63) is 29.3 Å². The van der Waals surface area contributed by atoms with Gasteiger partial charge < -0.3 is 11.1 Å². The van der Waals surface area contributed by atoms with Crippen LogP contribution in [0.5, 0.6) is 0 Å². The van der Waals surface area contributed by atoms with E-state index in [2.05, 4.69) is 5.32 Å². The average Bonchev–Trinajstić information content (AvgIpc) is 2.30. The fraction of sp³-hybridized carbons (Fsp3) is 0.417. The van der Waals surface area contributed by atoms with Crippen molar-refractivity contribution in [2.45, 2.75) is 13.8 Å². The Labute approximate surface area is 113 Å². The lowest BCUT2D eigenvalue weighted by molar-refractivity contribution is 0.597. The summed E-state index contributed by atoms with van der Waals surface area (Å²) in [5, 5.41) is 3.07. The summed E-state index contributed by atoms with van der Waals surface area (Å²) in [6, 6.07) is 5.68. The first-order valence-corrected chi connectivity index (χ1v) is 7.93. The van der Waals surface area contributed by atoms with Crippen molar-refractivity contribution in [1.82, 2.24) is 0 Å². The summed E-state index contributed by atoms with van der Waals surface area (Å²) < 4.78 is 22.7. The third kappa shape index (κ3) is 4.27. The van der Waals surface area contributed by atoms with Crippen LogP contribution in [0.4, 0.5) is 5.69 Å². The Bertz CT molecular complexity index is 539. The highest BCUT2D eigenvalue weighted by molar-refractivity contribution is 7.91. The zero-order chi connectivity index (χ0) is 13.8. The van der Waals surface area contributed by atoms with E-state index < -0.39 is 9.84 Å². The Balaban J connectivity index is 2.77. The average molecular weight is 286 g/mol. The van der Waals surface area contributed by atoms with E-state index in [4.69, 9.17) is 18.0 Å². The number of hydrogen-bond acceptors (Lipinski definition) is 4. The number of anilines is 1. The summed E-state index contributed by atoms with van der Waals surface area (Å²) in [4.78, 5) is 0.305. The molecular formula is C12H18N2O2S2. The molecule has 0 saturated carbocycles. The molecule has 0 aliphatic rings. The first-order valence-electron chi connectivity index (χ1n) is 5.70. The zero-order valence-corrected chi connectivity index (χ0v) is 12.2. The van der Waals surface area contributed by atoms with Crippen LogP contribution in [-0.2, 0) is 9.84 Å². The lowest BCUT2D eigenvalue weighted by Gasteiger charge is -2.12. The summed E-state index contributed by atoms with van der Waals surface area (Å²) >= 11 is 4.98. The van der Waals surface area contributed by atoms with E-state index in [1.807, 2.05) is 25.1 Å². The minimum atomic E-state index is -2.96. The number of sulfone groups is 1. The second-order valence-electron chi connectivity index (χ2n) is 4.08. The molecule has 0 saturated heterocycles. The quantitative estimate of drug-likeness (QED) is 0.775. The Morgan fingerprint density at radius 3 is 2.67 bits per heavy atom. The fourth-order valence-corrected chi connectivity index (χ4v) is 2.37. The van der Waals surface area contributed by atoms with Crippen LogP contribution < -0.4 is 11.1 Å². The maximum absolute atomic E-state index is 11.4. The monoisotopic (exact) mass is 286 g/mol. The number of nitrogens with one attached hydrogen (secondary N) is 1. The number of benzene rings is 1. The van der Waals surface area contributed by atoms with Gasteiger partial charge in [0.25, 0.3) is 0 Å². The minimum absolute atomic E-state index is 0.105. The minimum Gasteiger partial charge on any atom is -0.389 e. The molecule has 0 fully saturated rings. The highest BCUT2D eigenvalue weighted by Crippen LogP contribution is 2.17. The molecule has 0 amide bonds. The van der Waals surface area contributed by atoms with Crippen molar-refractivity contribution in [1.29, 1.82) is 0 Å². The van der Waals surface area contributed by atoms with Crippen molar-refractivity contribution in [2.24, 2.45) is 5.73 Å². The Morgan fingerprint density at radius 1 is 1.44 bits per heavy atom. The highest BCUT2D eigenvalue weighted by Gasteiger charge is 2.09. The second-order valence-corrected chi connectivity index (χ2v) is 6.99. The summed E-state index contributed by atoms with van der Waals surface area (Å²) in [6.45, 7) is 3.95. The van der Waals surface area contributed by atoms with Gasteiger partial charge in [0, 0.05) is 23.5 Å². The van der Waals surface area contributed by atoms with Crippen molar-refractivity contribution < 1.29 is 8.42 Å². The molecule has 1 rings (SSSR count). The van der Waals surface area contributed by atoms with Gasteiger partial charge in [0.05, 0.1) is 5.75 Å². The maximum Gasteiger partial charge on any atom is 0.151 e. The maximum atomic E-state index is 11.4. The molecule has 3 N–H and O–H groups in total. The van der Waals surface area contributed by atoms with Gasteiger partial charge in [0.15, 0.2) is 9.84 Å². The Kier molecular flexibility index (Phi) is 5.10. The van der Waals surface area contributed by atoms with Crippen molar-refractivity contribution in [3.63, 3.8) is 0 Å². The summed E-state index contributed by atoms with van der Waals surface area (Å²) in [5.41, 5.74) is 8.23. The third-order valence-electron chi connectivity index (χ3n) is 2.61. The first kappa shape index (κ1) is 14.9. The summed E-state index contributed by atoms with van der Waals surface area (Å²) in [6.07, 6.45) is 0. The van der Waals surface area contributed by atoms with Crippen molar-refractivity contribution in [3.8, 4) is 0 Å². The Morgan fingerprint density at radius 2 is 2.11 bits per heavy atom. The predicted molar refractivity (Wildman–Crippen MR) is 79.9 cm³/mol. The molecular weight excluding hydrogens is 268 g/mol. The number of thiocarbonyl (C=S) groups is 1. The molecule has 4 nitrogen and oxygen atoms in total. The van der Waals surface area contributed by atoms with Crippen LogP contribution in [0.3, 0.4) is 0 Å². The van der Waals surface area contributed by atoms with Crippen LogP contribution >= 0.6 is 12.2 Å². The molecule has 0 spiro atoms. The van der Waals surface area contributed by atoms with E-state index >= 15 is 0 Å².